The third kappa shape index (κ3) is 5.18. The highest BCUT2D eigenvalue weighted by atomic mass is 32.2. The predicted molar refractivity (Wildman–Crippen MR) is 113 cm³/mol. The molecule has 2 heterocycles. The van der Waals surface area contributed by atoms with E-state index >= 15 is 0 Å². The molecule has 0 bridgehead atoms. The van der Waals surface area contributed by atoms with E-state index < -0.39 is 9.84 Å². The van der Waals surface area contributed by atoms with Crippen LogP contribution in [0, 0.1) is 13.8 Å². The standard InChI is InChI=1S/C21H29N3O4S/c1-14-6-7-17(10-15(14)2)28-12-20(25)22-19-11-18(21(3,4)5)23-24(19)16-8-9-29(26,27)13-16/h6-7,10-11,16H,8-9,12-13H2,1-5H3,(H,22,25). The van der Waals surface area contributed by atoms with Crippen LogP contribution in [0.3, 0.4) is 0 Å². The van der Waals surface area contributed by atoms with Gasteiger partial charge in [0, 0.05) is 11.5 Å². The fourth-order valence-electron chi connectivity index (χ4n) is 3.23. The van der Waals surface area contributed by atoms with Crippen LogP contribution < -0.4 is 10.1 Å². The summed E-state index contributed by atoms with van der Waals surface area (Å²) in [6.45, 7) is 9.95. The van der Waals surface area contributed by atoms with Crippen molar-refractivity contribution in [2.75, 3.05) is 23.4 Å². The average Bonchev–Trinajstić information content (AvgIpc) is 3.18. The Balaban J connectivity index is 1.75. The number of anilines is 1. The molecular formula is C21H29N3O4S. The summed E-state index contributed by atoms with van der Waals surface area (Å²) in [5.74, 6) is 1.01. The highest BCUT2D eigenvalue weighted by molar-refractivity contribution is 7.91. The Morgan fingerprint density at radius 1 is 1.24 bits per heavy atom. The van der Waals surface area contributed by atoms with E-state index in [-0.39, 0.29) is 35.5 Å². The molecular weight excluding hydrogens is 390 g/mol. The van der Waals surface area contributed by atoms with Gasteiger partial charge in [0.1, 0.15) is 11.6 Å². The Bertz CT molecular complexity index is 1020. The number of amides is 1. The number of sulfone groups is 1. The van der Waals surface area contributed by atoms with Crippen molar-refractivity contribution >= 4 is 21.6 Å². The largest absolute Gasteiger partial charge is 0.484 e. The van der Waals surface area contributed by atoms with Crippen LogP contribution in [0.2, 0.25) is 0 Å². The molecule has 1 aromatic heterocycles. The summed E-state index contributed by atoms with van der Waals surface area (Å²) in [5.41, 5.74) is 2.83. The zero-order valence-corrected chi connectivity index (χ0v) is 18.5. The number of aromatic nitrogens is 2. The average molecular weight is 420 g/mol. The summed E-state index contributed by atoms with van der Waals surface area (Å²) in [7, 11) is -3.07. The third-order valence-electron chi connectivity index (χ3n) is 5.17. The minimum Gasteiger partial charge on any atom is -0.484 e. The number of hydrogen-bond acceptors (Lipinski definition) is 5. The van der Waals surface area contributed by atoms with Crippen LogP contribution in [0.1, 0.15) is 50.1 Å². The smallest absolute Gasteiger partial charge is 0.263 e. The Morgan fingerprint density at radius 3 is 2.55 bits per heavy atom. The van der Waals surface area contributed by atoms with Gasteiger partial charge in [-0.05, 0) is 43.5 Å². The first-order valence-electron chi connectivity index (χ1n) is 9.75. The Hall–Kier alpha value is -2.35. The van der Waals surface area contributed by atoms with Crippen LogP contribution in [-0.2, 0) is 20.0 Å². The number of aryl methyl sites for hydroxylation is 2. The molecule has 1 N–H and O–H groups in total. The number of carbonyl (C=O) groups is 1. The van der Waals surface area contributed by atoms with Gasteiger partial charge >= 0.3 is 0 Å². The van der Waals surface area contributed by atoms with Gasteiger partial charge in [-0.15, -0.1) is 0 Å². The summed E-state index contributed by atoms with van der Waals surface area (Å²) in [6.07, 6.45) is 0.496. The maximum Gasteiger partial charge on any atom is 0.263 e. The van der Waals surface area contributed by atoms with Crippen molar-refractivity contribution in [1.82, 2.24) is 9.78 Å². The Labute approximate surface area is 172 Å². The first-order valence-corrected chi connectivity index (χ1v) is 11.6. The molecule has 29 heavy (non-hydrogen) atoms. The number of hydrogen-bond donors (Lipinski definition) is 1. The second kappa shape index (κ2) is 7.82. The van der Waals surface area contributed by atoms with Crippen LogP contribution >= 0.6 is 0 Å². The summed E-state index contributed by atoms with van der Waals surface area (Å²) in [4.78, 5) is 12.5. The van der Waals surface area contributed by atoms with Crippen molar-refractivity contribution in [3.63, 3.8) is 0 Å². The predicted octanol–water partition coefficient (Wildman–Crippen LogP) is 3.17. The van der Waals surface area contributed by atoms with Gasteiger partial charge in [0.25, 0.3) is 5.91 Å². The molecule has 1 aliphatic rings. The molecule has 2 aromatic rings. The SMILES string of the molecule is Cc1ccc(OCC(=O)Nc2cc(C(C)(C)C)nn2C2CCS(=O)(=O)C2)cc1C. The van der Waals surface area contributed by atoms with Gasteiger partial charge in [0.05, 0.1) is 23.2 Å². The molecule has 0 spiro atoms. The van der Waals surface area contributed by atoms with E-state index in [0.717, 1.165) is 16.8 Å². The van der Waals surface area contributed by atoms with E-state index in [1.165, 1.54) is 0 Å². The van der Waals surface area contributed by atoms with E-state index in [4.69, 9.17) is 4.74 Å². The van der Waals surface area contributed by atoms with Crippen molar-refractivity contribution < 1.29 is 17.9 Å². The van der Waals surface area contributed by atoms with Crippen LogP contribution in [0.4, 0.5) is 5.82 Å². The van der Waals surface area contributed by atoms with Gasteiger partial charge in [-0.25, -0.2) is 13.1 Å². The summed E-state index contributed by atoms with van der Waals surface area (Å²) in [6, 6.07) is 7.23. The maximum atomic E-state index is 12.5. The number of rotatable bonds is 5. The molecule has 1 aromatic carbocycles. The molecule has 1 saturated heterocycles. The van der Waals surface area contributed by atoms with E-state index in [9.17, 15) is 13.2 Å². The lowest BCUT2D eigenvalue weighted by atomic mass is 9.92. The second-order valence-corrected chi connectivity index (χ2v) is 11.0. The van der Waals surface area contributed by atoms with E-state index in [2.05, 4.69) is 10.4 Å². The number of nitrogens with one attached hydrogen (secondary N) is 1. The molecule has 0 radical (unpaired) electrons. The maximum absolute atomic E-state index is 12.5. The quantitative estimate of drug-likeness (QED) is 0.804. The van der Waals surface area contributed by atoms with Gasteiger partial charge in [0.2, 0.25) is 0 Å². The van der Waals surface area contributed by atoms with Gasteiger partial charge in [0.15, 0.2) is 16.4 Å². The summed E-state index contributed by atoms with van der Waals surface area (Å²) < 4.78 is 31.1. The van der Waals surface area contributed by atoms with Crippen LogP contribution in [0.5, 0.6) is 5.75 Å². The van der Waals surface area contributed by atoms with E-state index in [0.29, 0.717) is 18.0 Å². The monoisotopic (exact) mass is 419 g/mol. The molecule has 7 nitrogen and oxygen atoms in total. The van der Waals surface area contributed by atoms with Gasteiger partial charge in [-0.3, -0.25) is 4.79 Å². The molecule has 3 rings (SSSR count). The van der Waals surface area contributed by atoms with Crippen molar-refractivity contribution in [2.24, 2.45) is 0 Å². The lowest BCUT2D eigenvalue weighted by molar-refractivity contribution is -0.118. The van der Waals surface area contributed by atoms with Crippen molar-refractivity contribution in [3.8, 4) is 5.75 Å². The lowest BCUT2D eigenvalue weighted by Gasteiger charge is -2.15. The lowest BCUT2D eigenvalue weighted by Crippen LogP contribution is -2.24. The minimum atomic E-state index is -3.07. The van der Waals surface area contributed by atoms with Crippen molar-refractivity contribution in [3.05, 3.63) is 41.1 Å². The van der Waals surface area contributed by atoms with Crippen molar-refractivity contribution in [1.29, 1.82) is 0 Å². The Morgan fingerprint density at radius 2 is 1.97 bits per heavy atom. The van der Waals surface area contributed by atoms with Crippen molar-refractivity contribution in [2.45, 2.75) is 52.5 Å². The topological polar surface area (TPSA) is 90.3 Å². The highest BCUT2D eigenvalue weighted by Gasteiger charge is 2.32. The molecule has 1 fully saturated rings. The molecule has 0 aliphatic carbocycles. The molecule has 1 amide bonds. The summed E-state index contributed by atoms with van der Waals surface area (Å²) >= 11 is 0. The minimum absolute atomic E-state index is 0.0419. The first kappa shape index (κ1) is 21.4. The van der Waals surface area contributed by atoms with Gasteiger partial charge in [-0.1, -0.05) is 26.8 Å². The normalized spacial score (nSPS) is 18.6. The Kier molecular flexibility index (Phi) is 5.76. The number of ether oxygens (including phenoxy) is 1. The highest BCUT2D eigenvalue weighted by Crippen LogP contribution is 2.30. The molecule has 1 aliphatic heterocycles. The second-order valence-electron chi connectivity index (χ2n) is 8.75. The zero-order chi connectivity index (χ0) is 21.4. The molecule has 1 unspecified atom stereocenters. The number of carbonyl (C=O) groups excluding carboxylic acids is 1. The van der Waals surface area contributed by atoms with Crippen LogP contribution in [0.25, 0.3) is 0 Å². The molecule has 0 saturated carbocycles. The first-order chi connectivity index (χ1) is 13.4. The molecule has 158 valence electrons. The third-order valence-corrected chi connectivity index (χ3v) is 6.92. The summed E-state index contributed by atoms with van der Waals surface area (Å²) in [5, 5.41) is 7.46. The van der Waals surface area contributed by atoms with Crippen LogP contribution in [0.15, 0.2) is 24.3 Å². The van der Waals surface area contributed by atoms with E-state index in [1.54, 1.807) is 4.68 Å². The fraction of sp³-hybridized carbons (Fsp3) is 0.524. The number of benzene rings is 1. The van der Waals surface area contributed by atoms with E-state index in [1.807, 2.05) is 58.9 Å². The van der Waals surface area contributed by atoms with Gasteiger partial charge < -0.3 is 10.1 Å². The molecule has 1 atom stereocenters. The zero-order valence-electron chi connectivity index (χ0n) is 17.7. The van der Waals surface area contributed by atoms with Crippen LogP contribution in [-0.4, -0.2) is 42.2 Å². The number of nitrogens with zero attached hydrogens (tertiary/aromatic N) is 2. The fourth-order valence-corrected chi connectivity index (χ4v) is 4.92. The molecule has 8 heteroatoms. The van der Waals surface area contributed by atoms with Gasteiger partial charge in [-0.2, -0.15) is 5.10 Å².